The van der Waals surface area contributed by atoms with Crippen molar-refractivity contribution in [1.82, 2.24) is 5.32 Å². The summed E-state index contributed by atoms with van der Waals surface area (Å²) in [4.78, 5) is 0. The van der Waals surface area contributed by atoms with E-state index in [0.29, 0.717) is 6.79 Å². The van der Waals surface area contributed by atoms with Crippen molar-refractivity contribution in [2.75, 3.05) is 13.3 Å². The summed E-state index contributed by atoms with van der Waals surface area (Å²) in [7, 11) is 0. The van der Waals surface area contributed by atoms with E-state index in [2.05, 4.69) is 39.5 Å². The second-order valence-electron chi connectivity index (χ2n) is 5.35. The van der Waals surface area contributed by atoms with Gasteiger partial charge in [0.2, 0.25) is 6.79 Å². The molecule has 1 aliphatic heterocycles. The van der Waals surface area contributed by atoms with Gasteiger partial charge in [-0.25, -0.2) is 0 Å². The van der Waals surface area contributed by atoms with Crippen molar-refractivity contribution in [3.05, 3.63) is 33.8 Å². The fourth-order valence-electron chi connectivity index (χ4n) is 2.74. The number of fused-ring (bicyclic) bond motifs is 1. The van der Waals surface area contributed by atoms with Crippen molar-refractivity contribution in [3.63, 3.8) is 0 Å². The molecule has 3 rings (SSSR count). The molecule has 2 aliphatic rings. The lowest BCUT2D eigenvalue weighted by Gasteiger charge is -2.13. The van der Waals surface area contributed by atoms with Crippen molar-refractivity contribution in [2.45, 2.75) is 38.6 Å². The van der Waals surface area contributed by atoms with Crippen LogP contribution in [0.25, 0.3) is 0 Å². The van der Waals surface area contributed by atoms with Crippen LogP contribution in [0.5, 0.6) is 11.5 Å². The number of hydrogen-bond donors (Lipinski definition) is 1. The van der Waals surface area contributed by atoms with Crippen LogP contribution in [0.2, 0.25) is 0 Å². The fourth-order valence-corrected chi connectivity index (χ4v) is 3.34. The third kappa shape index (κ3) is 3.36. The largest absolute Gasteiger partial charge is 0.454 e. The predicted molar refractivity (Wildman–Crippen MR) is 83.1 cm³/mol. The van der Waals surface area contributed by atoms with Crippen molar-refractivity contribution >= 4 is 15.9 Å². The van der Waals surface area contributed by atoms with Gasteiger partial charge >= 0.3 is 0 Å². The summed E-state index contributed by atoms with van der Waals surface area (Å²) in [5.74, 6) is 1.66. The number of ether oxygens (including phenoxy) is 2. The molecule has 0 amide bonds. The molecule has 3 nitrogen and oxygen atoms in total. The Bertz CT molecular complexity index is 513. The molecule has 0 aromatic heterocycles. The van der Waals surface area contributed by atoms with Crippen LogP contribution < -0.4 is 14.8 Å². The standard InChI is InChI=1S/C16H20BrNO2/c17-14-8-13(9-15-16(14)20-11-19-15)10-18-7-6-12-4-2-1-3-5-12/h4,8-9,18H,1-3,5-7,10-11H2. The normalized spacial score (nSPS) is 17.1. The Morgan fingerprint density at radius 1 is 1.20 bits per heavy atom. The Morgan fingerprint density at radius 2 is 2.15 bits per heavy atom. The minimum absolute atomic E-state index is 0.318. The van der Waals surface area contributed by atoms with Crippen LogP contribution in [0.15, 0.2) is 28.3 Å². The molecule has 1 aliphatic carbocycles. The Hall–Kier alpha value is -1.00. The quantitative estimate of drug-likeness (QED) is 0.646. The highest BCUT2D eigenvalue weighted by atomic mass is 79.9. The zero-order valence-electron chi connectivity index (χ0n) is 11.6. The van der Waals surface area contributed by atoms with Crippen molar-refractivity contribution in [3.8, 4) is 11.5 Å². The van der Waals surface area contributed by atoms with E-state index in [0.717, 1.165) is 29.1 Å². The first kappa shape index (κ1) is 14.0. The molecule has 0 saturated heterocycles. The van der Waals surface area contributed by atoms with E-state index in [-0.39, 0.29) is 0 Å². The average Bonchev–Trinajstić information content (AvgIpc) is 2.94. The molecule has 0 fully saturated rings. The molecule has 0 atom stereocenters. The van der Waals surface area contributed by atoms with E-state index >= 15 is 0 Å². The lowest BCUT2D eigenvalue weighted by atomic mass is 9.97. The summed E-state index contributed by atoms with van der Waals surface area (Å²) in [5, 5.41) is 3.51. The lowest BCUT2D eigenvalue weighted by molar-refractivity contribution is 0.173. The van der Waals surface area contributed by atoms with Gasteiger partial charge < -0.3 is 14.8 Å². The molecular weight excluding hydrogens is 318 g/mol. The van der Waals surface area contributed by atoms with Crippen molar-refractivity contribution < 1.29 is 9.47 Å². The summed E-state index contributed by atoms with van der Waals surface area (Å²) in [5.41, 5.74) is 2.84. The maximum absolute atomic E-state index is 5.43. The van der Waals surface area contributed by atoms with Gasteiger partial charge in [0.1, 0.15) is 0 Å². The number of allylic oxidation sites excluding steroid dienone is 1. The van der Waals surface area contributed by atoms with Gasteiger partial charge in [0, 0.05) is 6.54 Å². The smallest absolute Gasteiger partial charge is 0.231 e. The van der Waals surface area contributed by atoms with Gasteiger partial charge in [-0.15, -0.1) is 0 Å². The lowest BCUT2D eigenvalue weighted by Crippen LogP contribution is -2.15. The molecule has 1 heterocycles. The van der Waals surface area contributed by atoms with Gasteiger partial charge in [0.15, 0.2) is 11.5 Å². The number of benzene rings is 1. The second-order valence-corrected chi connectivity index (χ2v) is 6.20. The third-order valence-corrected chi connectivity index (χ3v) is 4.41. The van der Waals surface area contributed by atoms with Gasteiger partial charge in [-0.3, -0.25) is 0 Å². The zero-order chi connectivity index (χ0) is 13.8. The highest BCUT2D eigenvalue weighted by molar-refractivity contribution is 9.10. The molecule has 20 heavy (non-hydrogen) atoms. The molecule has 108 valence electrons. The SMILES string of the molecule is Brc1cc(CNCCC2=CCCCC2)cc2c1OCO2. The van der Waals surface area contributed by atoms with E-state index < -0.39 is 0 Å². The molecule has 0 saturated carbocycles. The number of hydrogen-bond acceptors (Lipinski definition) is 3. The van der Waals surface area contributed by atoms with Crippen LogP contribution in [0, 0.1) is 0 Å². The Morgan fingerprint density at radius 3 is 3.00 bits per heavy atom. The van der Waals surface area contributed by atoms with Gasteiger partial charge in [-0.2, -0.15) is 0 Å². The maximum Gasteiger partial charge on any atom is 0.231 e. The fraction of sp³-hybridized carbons (Fsp3) is 0.500. The van der Waals surface area contributed by atoms with Crippen LogP contribution in [-0.4, -0.2) is 13.3 Å². The van der Waals surface area contributed by atoms with E-state index in [9.17, 15) is 0 Å². The minimum Gasteiger partial charge on any atom is -0.454 e. The summed E-state index contributed by atoms with van der Waals surface area (Å²) in [6.45, 7) is 2.22. The van der Waals surface area contributed by atoms with E-state index in [4.69, 9.17) is 9.47 Å². The zero-order valence-corrected chi connectivity index (χ0v) is 13.2. The topological polar surface area (TPSA) is 30.5 Å². The molecule has 4 heteroatoms. The van der Waals surface area contributed by atoms with Crippen molar-refractivity contribution in [1.29, 1.82) is 0 Å². The molecule has 1 aromatic carbocycles. The van der Waals surface area contributed by atoms with Crippen LogP contribution in [-0.2, 0) is 6.54 Å². The van der Waals surface area contributed by atoms with E-state index in [1.165, 1.54) is 37.7 Å². The van der Waals surface area contributed by atoms with Gasteiger partial charge in [-0.05, 0) is 72.3 Å². The monoisotopic (exact) mass is 337 g/mol. The predicted octanol–water partition coefficient (Wildman–Crippen LogP) is 4.16. The van der Waals surface area contributed by atoms with Crippen LogP contribution >= 0.6 is 15.9 Å². The highest BCUT2D eigenvalue weighted by Gasteiger charge is 2.17. The molecule has 1 aromatic rings. The molecular formula is C16H20BrNO2. The summed E-state index contributed by atoms with van der Waals surface area (Å²) < 4.78 is 11.8. The summed E-state index contributed by atoms with van der Waals surface area (Å²) >= 11 is 3.53. The maximum atomic E-state index is 5.43. The van der Waals surface area contributed by atoms with Crippen LogP contribution in [0.1, 0.15) is 37.7 Å². The molecule has 0 spiro atoms. The first-order valence-corrected chi connectivity index (χ1v) is 8.09. The van der Waals surface area contributed by atoms with Crippen molar-refractivity contribution in [2.24, 2.45) is 0 Å². The molecule has 1 N–H and O–H groups in total. The highest BCUT2D eigenvalue weighted by Crippen LogP contribution is 2.39. The van der Waals surface area contributed by atoms with Gasteiger partial charge in [0.25, 0.3) is 0 Å². The number of halogens is 1. The third-order valence-electron chi connectivity index (χ3n) is 3.82. The Balaban J connectivity index is 1.49. The van der Waals surface area contributed by atoms with Crippen LogP contribution in [0.4, 0.5) is 0 Å². The van der Waals surface area contributed by atoms with E-state index in [1.54, 1.807) is 5.57 Å². The molecule has 0 unspecified atom stereocenters. The second kappa shape index (κ2) is 6.64. The Kier molecular flexibility index (Phi) is 4.63. The van der Waals surface area contributed by atoms with Gasteiger partial charge in [0.05, 0.1) is 4.47 Å². The first-order chi connectivity index (χ1) is 9.83. The first-order valence-electron chi connectivity index (χ1n) is 7.29. The van der Waals surface area contributed by atoms with E-state index in [1.807, 2.05) is 0 Å². The van der Waals surface area contributed by atoms with Crippen LogP contribution in [0.3, 0.4) is 0 Å². The average molecular weight is 338 g/mol. The Labute approximate surface area is 128 Å². The number of nitrogens with one attached hydrogen (secondary N) is 1. The van der Waals surface area contributed by atoms with Gasteiger partial charge in [-0.1, -0.05) is 11.6 Å². The molecule has 0 bridgehead atoms. The minimum atomic E-state index is 0.318. The summed E-state index contributed by atoms with van der Waals surface area (Å²) in [6, 6.07) is 4.15. The summed E-state index contributed by atoms with van der Waals surface area (Å²) in [6.07, 6.45) is 8.87. The number of rotatable bonds is 5. The molecule has 0 radical (unpaired) electrons.